The zero-order chi connectivity index (χ0) is 14.9. The first-order valence-electron chi connectivity index (χ1n) is 8.71. The van der Waals surface area contributed by atoms with Crippen molar-refractivity contribution in [1.82, 2.24) is 20.3 Å². The first-order valence-corrected chi connectivity index (χ1v) is 8.71. The summed E-state index contributed by atoms with van der Waals surface area (Å²) in [5.41, 5.74) is 1.81. The van der Waals surface area contributed by atoms with Crippen LogP contribution in [0.15, 0.2) is 6.20 Å². The van der Waals surface area contributed by atoms with Crippen LogP contribution >= 0.6 is 0 Å². The summed E-state index contributed by atoms with van der Waals surface area (Å²) in [6, 6.07) is 0.805. The summed E-state index contributed by atoms with van der Waals surface area (Å²) < 4.78 is 2.15. The van der Waals surface area contributed by atoms with Gasteiger partial charge in [-0.15, -0.1) is 5.10 Å². The van der Waals surface area contributed by atoms with Crippen molar-refractivity contribution in [3.8, 4) is 0 Å². The maximum Gasteiger partial charge on any atom is 0.0728 e. The number of hydrogen-bond donors (Lipinski definition) is 1. The molecule has 21 heavy (non-hydrogen) atoms. The molecule has 2 aliphatic carbocycles. The largest absolute Gasteiger partial charge is 0.314 e. The molecule has 0 aliphatic heterocycles. The van der Waals surface area contributed by atoms with Crippen molar-refractivity contribution in [2.24, 2.45) is 11.3 Å². The summed E-state index contributed by atoms with van der Waals surface area (Å²) in [7, 11) is 0. The molecule has 2 unspecified atom stereocenters. The Bertz CT molecular complexity index is 459. The van der Waals surface area contributed by atoms with E-state index in [1.807, 2.05) is 6.20 Å². The Balaban J connectivity index is 1.76. The van der Waals surface area contributed by atoms with E-state index in [0.717, 1.165) is 24.9 Å². The molecule has 2 atom stereocenters. The van der Waals surface area contributed by atoms with Gasteiger partial charge in [0.15, 0.2) is 0 Å². The average Bonchev–Trinajstić information content (AvgIpc) is 3.15. The minimum atomic E-state index is 0.446. The van der Waals surface area contributed by atoms with Crippen LogP contribution in [0.2, 0.25) is 0 Å². The monoisotopic (exact) mass is 290 g/mol. The van der Waals surface area contributed by atoms with E-state index in [2.05, 4.69) is 41.1 Å². The third kappa shape index (κ3) is 3.65. The van der Waals surface area contributed by atoms with Crippen molar-refractivity contribution < 1.29 is 0 Å². The first kappa shape index (κ1) is 15.0. The second kappa shape index (κ2) is 6.07. The number of hydrogen-bond acceptors (Lipinski definition) is 3. The zero-order valence-electron chi connectivity index (χ0n) is 13.8. The minimum absolute atomic E-state index is 0.446. The van der Waals surface area contributed by atoms with Crippen molar-refractivity contribution >= 4 is 0 Å². The highest BCUT2D eigenvalue weighted by atomic mass is 15.4. The van der Waals surface area contributed by atoms with Crippen LogP contribution in [0, 0.1) is 11.3 Å². The lowest BCUT2D eigenvalue weighted by Gasteiger charge is -2.41. The van der Waals surface area contributed by atoms with E-state index in [1.54, 1.807) is 0 Å². The highest BCUT2D eigenvalue weighted by Gasteiger charge is 2.38. The van der Waals surface area contributed by atoms with E-state index in [0.29, 0.717) is 11.3 Å². The van der Waals surface area contributed by atoms with Crippen molar-refractivity contribution in [3.05, 3.63) is 11.9 Å². The van der Waals surface area contributed by atoms with Crippen molar-refractivity contribution in [1.29, 1.82) is 0 Å². The SMILES string of the molecule is CCCn1nncc1C1CC(C)(C)CCC1CNC1CC1. The lowest BCUT2D eigenvalue weighted by atomic mass is 9.66. The molecule has 0 spiro atoms. The molecule has 4 heteroatoms. The minimum Gasteiger partial charge on any atom is -0.314 e. The van der Waals surface area contributed by atoms with Gasteiger partial charge in [0, 0.05) is 18.5 Å². The van der Waals surface area contributed by atoms with Gasteiger partial charge in [-0.2, -0.15) is 0 Å². The van der Waals surface area contributed by atoms with Gasteiger partial charge in [0.1, 0.15) is 0 Å². The number of nitrogens with one attached hydrogen (secondary N) is 1. The lowest BCUT2D eigenvalue weighted by molar-refractivity contribution is 0.154. The van der Waals surface area contributed by atoms with Gasteiger partial charge < -0.3 is 5.32 Å². The van der Waals surface area contributed by atoms with Gasteiger partial charge in [0.25, 0.3) is 0 Å². The molecule has 2 fully saturated rings. The molecule has 118 valence electrons. The van der Waals surface area contributed by atoms with Crippen molar-refractivity contribution in [2.75, 3.05) is 6.54 Å². The molecule has 1 heterocycles. The van der Waals surface area contributed by atoms with Gasteiger partial charge in [-0.25, -0.2) is 4.68 Å². The van der Waals surface area contributed by atoms with E-state index < -0.39 is 0 Å². The highest BCUT2D eigenvalue weighted by molar-refractivity contribution is 5.09. The average molecular weight is 290 g/mol. The van der Waals surface area contributed by atoms with Gasteiger partial charge >= 0.3 is 0 Å². The van der Waals surface area contributed by atoms with Crippen LogP contribution in [0.4, 0.5) is 0 Å². The standard InChI is InChI=1S/C17H30N4/c1-4-9-21-16(12-19-20-21)15-10-17(2,3)8-7-13(15)11-18-14-5-6-14/h12-15,18H,4-11H2,1-3H3. The van der Waals surface area contributed by atoms with Crippen LogP contribution in [0.5, 0.6) is 0 Å². The van der Waals surface area contributed by atoms with Gasteiger partial charge in [-0.05, 0) is 56.4 Å². The molecule has 0 aromatic carbocycles. The Morgan fingerprint density at radius 1 is 1.33 bits per heavy atom. The molecule has 0 saturated heterocycles. The summed E-state index contributed by atoms with van der Waals surface area (Å²) in [4.78, 5) is 0. The predicted molar refractivity (Wildman–Crippen MR) is 85.2 cm³/mol. The summed E-state index contributed by atoms with van der Waals surface area (Å²) >= 11 is 0. The predicted octanol–water partition coefficient (Wildman–Crippen LogP) is 3.35. The third-order valence-electron chi connectivity index (χ3n) is 5.24. The smallest absolute Gasteiger partial charge is 0.0728 e. The lowest BCUT2D eigenvalue weighted by Crippen LogP contribution is -2.36. The molecule has 1 aromatic heterocycles. The maximum absolute atomic E-state index is 4.32. The van der Waals surface area contributed by atoms with Crippen molar-refractivity contribution in [2.45, 2.75) is 77.8 Å². The fourth-order valence-corrected chi connectivity index (χ4v) is 3.78. The molecular formula is C17H30N4. The molecule has 0 amide bonds. The molecule has 0 bridgehead atoms. The highest BCUT2D eigenvalue weighted by Crippen LogP contribution is 2.46. The topological polar surface area (TPSA) is 42.7 Å². The summed E-state index contributed by atoms with van der Waals surface area (Å²) in [5, 5.41) is 12.3. The quantitative estimate of drug-likeness (QED) is 0.873. The van der Waals surface area contributed by atoms with Crippen LogP contribution in [-0.2, 0) is 6.54 Å². The Morgan fingerprint density at radius 3 is 2.86 bits per heavy atom. The second-order valence-corrected chi connectivity index (χ2v) is 7.84. The number of nitrogens with zero attached hydrogens (tertiary/aromatic N) is 3. The molecule has 3 rings (SSSR count). The Morgan fingerprint density at radius 2 is 2.14 bits per heavy atom. The van der Waals surface area contributed by atoms with Crippen molar-refractivity contribution in [3.63, 3.8) is 0 Å². The van der Waals surface area contributed by atoms with Gasteiger partial charge in [0.05, 0.1) is 11.9 Å². The van der Waals surface area contributed by atoms with Crippen LogP contribution in [-0.4, -0.2) is 27.6 Å². The molecule has 2 saturated carbocycles. The molecule has 1 N–H and O–H groups in total. The number of rotatable bonds is 6. The van der Waals surface area contributed by atoms with Crippen LogP contribution < -0.4 is 5.32 Å². The summed E-state index contributed by atoms with van der Waals surface area (Å²) in [6.07, 6.45) is 9.82. The van der Waals surface area contributed by atoms with E-state index in [9.17, 15) is 0 Å². The molecule has 2 aliphatic rings. The number of aromatic nitrogens is 3. The Hall–Kier alpha value is -0.900. The van der Waals surface area contributed by atoms with E-state index in [1.165, 1.54) is 44.3 Å². The fourth-order valence-electron chi connectivity index (χ4n) is 3.78. The Labute approximate surface area is 128 Å². The van der Waals surface area contributed by atoms with Crippen LogP contribution in [0.3, 0.4) is 0 Å². The summed E-state index contributed by atoms with van der Waals surface area (Å²) in [6.45, 7) is 9.21. The van der Waals surface area contributed by atoms with Gasteiger partial charge in [-0.3, -0.25) is 0 Å². The van der Waals surface area contributed by atoms with Crippen LogP contribution in [0.25, 0.3) is 0 Å². The van der Waals surface area contributed by atoms with E-state index in [4.69, 9.17) is 0 Å². The first-order chi connectivity index (χ1) is 10.1. The van der Waals surface area contributed by atoms with Gasteiger partial charge in [0.2, 0.25) is 0 Å². The number of aryl methyl sites for hydroxylation is 1. The molecular weight excluding hydrogens is 260 g/mol. The normalized spacial score (nSPS) is 28.7. The third-order valence-corrected chi connectivity index (χ3v) is 5.24. The maximum atomic E-state index is 4.32. The Kier molecular flexibility index (Phi) is 4.34. The second-order valence-electron chi connectivity index (χ2n) is 7.84. The molecule has 4 nitrogen and oxygen atoms in total. The molecule has 0 radical (unpaired) electrons. The molecule has 1 aromatic rings. The fraction of sp³-hybridized carbons (Fsp3) is 0.882. The van der Waals surface area contributed by atoms with Crippen LogP contribution in [0.1, 0.15) is 70.9 Å². The zero-order valence-corrected chi connectivity index (χ0v) is 13.8. The summed E-state index contributed by atoms with van der Waals surface area (Å²) in [5.74, 6) is 1.36. The van der Waals surface area contributed by atoms with E-state index >= 15 is 0 Å². The van der Waals surface area contributed by atoms with Gasteiger partial charge in [-0.1, -0.05) is 26.0 Å². The van der Waals surface area contributed by atoms with E-state index in [-0.39, 0.29) is 0 Å².